The minimum absolute atomic E-state index is 0.237. The van der Waals surface area contributed by atoms with Gasteiger partial charge in [-0.15, -0.1) is 0 Å². The van der Waals surface area contributed by atoms with E-state index in [1.165, 1.54) is 16.8 Å². The van der Waals surface area contributed by atoms with Gasteiger partial charge in [-0.25, -0.2) is 0 Å². The summed E-state index contributed by atoms with van der Waals surface area (Å²) in [6.07, 6.45) is 3.32. The van der Waals surface area contributed by atoms with Crippen molar-refractivity contribution in [3.8, 4) is 0 Å². The van der Waals surface area contributed by atoms with Crippen LogP contribution < -0.4 is 5.32 Å². The predicted octanol–water partition coefficient (Wildman–Crippen LogP) is 3.63. The Bertz CT molecular complexity index is 662. The number of likely N-dealkylation sites (tertiary alicyclic amines) is 1. The van der Waals surface area contributed by atoms with Gasteiger partial charge in [0.05, 0.1) is 6.42 Å². The Labute approximate surface area is 149 Å². The van der Waals surface area contributed by atoms with Crippen LogP contribution in [0.3, 0.4) is 0 Å². The smallest absolute Gasteiger partial charge is 0.304 e. The standard InChI is InChI=1S/C21H26N2O2/c24-21(25)12-15-23-13-10-20(11-14-23)22-19-8-6-18(7-9-19)16-17-4-2-1-3-5-17/h1-9,20,22H,10-16H2,(H,24,25). The molecule has 0 aromatic heterocycles. The molecule has 2 aromatic carbocycles. The van der Waals surface area contributed by atoms with E-state index >= 15 is 0 Å². The van der Waals surface area contributed by atoms with E-state index in [4.69, 9.17) is 5.11 Å². The summed E-state index contributed by atoms with van der Waals surface area (Å²) in [7, 11) is 0. The van der Waals surface area contributed by atoms with E-state index in [-0.39, 0.29) is 6.42 Å². The highest BCUT2D eigenvalue weighted by atomic mass is 16.4. The molecule has 1 aliphatic rings. The van der Waals surface area contributed by atoms with Gasteiger partial charge in [-0.3, -0.25) is 4.79 Å². The van der Waals surface area contributed by atoms with E-state index in [1.807, 2.05) is 6.07 Å². The van der Waals surface area contributed by atoms with Gasteiger partial charge in [0, 0.05) is 31.4 Å². The minimum atomic E-state index is -0.712. The molecule has 25 heavy (non-hydrogen) atoms. The Hall–Kier alpha value is -2.33. The molecule has 0 radical (unpaired) electrons. The second-order valence-electron chi connectivity index (χ2n) is 6.76. The van der Waals surface area contributed by atoms with Gasteiger partial charge < -0.3 is 15.3 Å². The number of carbonyl (C=O) groups is 1. The Balaban J connectivity index is 1.45. The molecule has 1 fully saturated rings. The third-order valence-corrected chi connectivity index (χ3v) is 4.81. The maximum absolute atomic E-state index is 10.7. The van der Waals surface area contributed by atoms with Gasteiger partial charge in [0.15, 0.2) is 0 Å². The Morgan fingerprint density at radius 3 is 2.28 bits per heavy atom. The Kier molecular flexibility index (Phi) is 6.07. The molecule has 0 saturated carbocycles. The zero-order valence-electron chi connectivity index (χ0n) is 14.5. The highest BCUT2D eigenvalue weighted by Gasteiger charge is 2.19. The van der Waals surface area contributed by atoms with Gasteiger partial charge in [-0.1, -0.05) is 42.5 Å². The van der Waals surface area contributed by atoms with Gasteiger partial charge in [0.1, 0.15) is 0 Å². The number of nitrogens with one attached hydrogen (secondary N) is 1. The number of rotatable bonds is 7. The summed E-state index contributed by atoms with van der Waals surface area (Å²) in [5.74, 6) is -0.712. The fraction of sp³-hybridized carbons (Fsp3) is 0.381. The number of benzene rings is 2. The molecule has 0 aliphatic carbocycles. The molecular formula is C21H26N2O2. The molecule has 2 N–H and O–H groups in total. The Morgan fingerprint density at radius 2 is 1.64 bits per heavy atom. The molecule has 4 heteroatoms. The van der Waals surface area contributed by atoms with Crippen molar-refractivity contribution >= 4 is 11.7 Å². The monoisotopic (exact) mass is 338 g/mol. The number of nitrogens with zero attached hydrogens (tertiary/aromatic N) is 1. The number of hydrogen-bond donors (Lipinski definition) is 2. The number of anilines is 1. The first kappa shape index (κ1) is 17.5. The van der Waals surface area contributed by atoms with Crippen LogP contribution in [0, 0.1) is 0 Å². The molecule has 0 amide bonds. The summed E-state index contributed by atoms with van der Waals surface area (Å²) >= 11 is 0. The lowest BCUT2D eigenvalue weighted by atomic mass is 10.0. The maximum Gasteiger partial charge on any atom is 0.304 e. The molecule has 3 rings (SSSR count). The van der Waals surface area contributed by atoms with E-state index in [0.29, 0.717) is 12.6 Å². The molecule has 132 valence electrons. The van der Waals surface area contributed by atoms with Crippen LogP contribution in [0.15, 0.2) is 54.6 Å². The summed E-state index contributed by atoms with van der Waals surface area (Å²) in [5.41, 5.74) is 3.82. The van der Waals surface area contributed by atoms with Crippen molar-refractivity contribution in [2.75, 3.05) is 25.0 Å². The van der Waals surface area contributed by atoms with Gasteiger partial charge in [0.2, 0.25) is 0 Å². The first-order chi connectivity index (χ1) is 12.2. The van der Waals surface area contributed by atoms with Crippen molar-refractivity contribution in [2.24, 2.45) is 0 Å². The molecule has 0 spiro atoms. The first-order valence-corrected chi connectivity index (χ1v) is 9.02. The molecule has 1 heterocycles. The zero-order valence-corrected chi connectivity index (χ0v) is 14.5. The SMILES string of the molecule is O=C(O)CCN1CCC(Nc2ccc(Cc3ccccc3)cc2)CC1. The van der Waals surface area contributed by atoms with Gasteiger partial charge in [0.25, 0.3) is 0 Å². The number of carboxylic acid groups (broad SMARTS) is 1. The quantitative estimate of drug-likeness (QED) is 0.809. The molecule has 0 bridgehead atoms. The predicted molar refractivity (Wildman–Crippen MR) is 101 cm³/mol. The summed E-state index contributed by atoms with van der Waals surface area (Å²) in [6.45, 7) is 2.60. The lowest BCUT2D eigenvalue weighted by Gasteiger charge is -2.32. The highest BCUT2D eigenvalue weighted by molar-refractivity contribution is 5.66. The molecule has 0 unspecified atom stereocenters. The first-order valence-electron chi connectivity index (χ1n) is 9.02. The fourth-order valence-corrected chi connectivity index (χ4v) is 3.34. The van der Waals surface area contributed by atoms with E-state index < -0.39 is 5.97 Å². The van der Waals surface area contributed by atoms with Crippen LogP contribution in [0.1, 0.15) is 30.4 Å². The van der Waals surface area contributed by atoms with Crippen LogP contribution in [-0.4, -0.2) is 41.7 Å². The minimum Gasteiger partial charge on any atom is -0.481 e. The van der Waals surface area contributed by atoms with Crippen molar-refractivity contribution in [1.82, 2.24) is 4.90 Å². The van der Waals surface area contributed by atoms with Crippen molar-refractivity contribution < 1.29 is 9.90 Å². The maximum atomic E-state index is 10.7. The van der Waals surface area contributed by atoms with Crippen LogP contribution in [0.4, 0.5) is 5.69 Å². The van der Waals surface area contributed by atoms with Crippen LogP contribution in [0.2, 0.25) is 0 Å². The molecule has 2 aromatic rings. The van der Waals surface area contributed by atoms with E-state index in [0.717, 1.165) is 32.4 Å². The number of piperidine rings is 1. The lowest BCUT2D eigenvalue weighted by Crippen LogP contribution is -2.39. The largest absolute Gasteiger partial charge is 0.481 e. The van der Waals surface area contributed by atoms with Crippen LogP contribution in [-0.2, 0) is 11.2 Å². The highest BCUT2D eigenvalue weighted by Crippen LogP contribution is 2.18. The third kappa shape index (κ3) is 5.61. The number of hydrogen-bond acceptors (Lipinski definition) is 3. The normalized spacial score (nSPS) is 15.8. The number of aliphatic carboxylic acids is 1. The second-order valence-corrected chi connectivity index (χ2v) is 6.76. The summed E-state index contributed by atoms with van der Waals surface area (Å²) in [4.78, 5) is 12.9. The third-order valence-electron chi connectivity index (χ3n) is 4.81. The van der Waals surface area contributed by atoms with E-state index in [1.54, 1.807) is 0 Å². The van der Waals surface area contributed by atoms with Crippen molar-refractivity contribution in [3.05, 3.63) is 65.7 Å². The van der Waals surface area contributed by atoms with E-state index in [2.05, 4.69) is 58.7 Å². The second kappa shape index (κ2) is 8.67. The van der Waals surface area contributed by atoms with Crippen LogP contribution in [0.5, 0.6) is 0 Å². The van der Waals surface area contributed by atoms with Crippen LogP contribution in [0.25, 0.3) is 0 Å². The molecular weight excluding hydrogens is 312 g/mol. The summed E-state index contributed by atoms with van der Waals surface area (Å²) in [5, 5.41) is 12.4. The van der Waals surface area contributed by atoms with Gasteiger partial charge in [-0.2, -0.15) is 0 Å². The summed E-state index contributed by atoms with van der Waals surface area (Å²) in [6, 6.07) is 19.7. The molecule has 1 aliphatic heterocycles. The van der Waals surface area contributed by atoms with Crippen molar-refractivity contribution in [1.29, 1.82) is 0 Å². The van der Waals surface area contributed by atoms with Crippen molar-refractivity contribution in [2.45, 2.75) is 31.7 Å². The van der Waals surface area contributed by atoms with Gasteiger partial charge in [-0.05, 0) is 42.5 Å². The van der Waals surface area contributed by atoms with Gasteiger partial charge >= 0.3 is 5.97 Å². The lowest BCUT2D eigenvalue weighted by molar-refractivity contribution is -0.137. The molecule has 0 atom stereocenters. The zero-order chi connectivity index (χ0) is 17.5. The number of carboxylic acids is 1. The van der Waals surface area contributed by atoms with Crippen molar-refractivity contribution in [3.63, 3.8) is 0 Å². The average molecular weight is 338 g/mol. The summed E-state index contributed by atoms with van der Waals surface area (Å²) < 4.78 is 0. The molecule has 1 saturated heterocycles. The Morgan fingerprint density at radius 1 is 1.00 bits per heavy atom. The molecule has 4 nitrogen and oxygen atoms in total. The topological polar surface area (TPSA) is 52.6 Å². The van der Waals surface area contributed by atoms with Crippen LogP contribution >= 0.6 is 0 Å². The fourth-order valence-electron chi connectivity index (χ4n) is 3.34. The van der Waals surface area contributed by atoms with E-state index in [9.17, 15) is 4.79 Å². The average Bonchev–Trinajstić information content (AvgIpc) is 2.64.